The van der Waals surface area contributed by atoms with Crippen molar-refractivity contribution < 1.29 is 18.7 Å². The molecule has 0 saturated carbocycles. The fraction of sp³-hybridized carbons (Fsp3) is 0.250. The van der Waals surface area contributed by atoms with Gasteiger partial charge in [0.25, 0.3) is 0 Å². The molecule has 0 saturated heterocycles. The highest BCUT2D eigenvalue weighted by molar-refractivity contribution is 5.95. The molecule has 2 aromatic carbocycles. The minimum Gasteiger partial charge on any atom is -0.494 e. The van der Waals surface area contributed by atoms with Crippen molar-refractivity contribution in [2.24, 2.45) is 0 Å². The summed E-state index contributed by atoms with van der Waals surface area (Å²) in [4.78, 5) is 24.7. The zero-order chi connectivity index (χ0) is 20.4. The lowest BCUT2D eigenvalue weighted by Crippen LogP contribution is -2.10. The van der Waals surface area contributed by atoms with Gasteiger partial charge in [-0.15, -0.1) is 0 Å². The summed E-state index contributed by atoms with van der Waals surface area (Å²) in [6.45, 7) is 2.77. The first-order valence-electron chi connectivity index (χ1n) is 9.72. The van der Waals surface area contributed by atoms with Crippen molar-refractivity contribution in [1.82, 2.24) is 0 Å². The van der Waals surface area contributed by atoms with E-state index in [9.17, 15) is 9.59 Å². The van der Waals surface area contributed by atoms with E-state index in [1.54, 1.807) is 18.2 Å². The van der Waals surface area contributed by atoms with E-state index >= 15 is 0 Å². The Kier molecular flexibility index (Phi) is 5.21. The van der Waals surface area contributed by atoms with Crippen LogP contribution in [0, 0.1) is 0 Å². The second-order valence-corrected chi connectivity index (χ2v) is 7.03. The topological polar surface area (TPSA) is 65.7 Å². The molecule has 0 N–H and O–H groups in total. The minimum atomic E-state index is -0.473. The lowest BCUT2D eigenvalue weighted by atomic mass is 10.1. The molecule has 0 atom stereocenters. The van der Waals surface area contributed by atoms with Gasteiger partial charge in [-0.05, 0) is 66.8 Å². The van der Waals surface area contributed by atoms with Crippen molar-refractivity contribution in [1.29, 1.82) is 0 Å². The van der Waals surface area contributed by atoms with E-state index in [0.29, 0.717) is 40.9 Å². The summed E-state index contributed by atoms with van der Waals surface area (Å²) in [6, 6.07) is 12.7. The summed E-state index contributed by atoms with van der Waals surface area (Å²) in [5.41, 5.74) is 3.41. The van der Waals surface area contributed by atoms with E-state index in [1.165, 1.54) is 7.11 Å². The Morgan fingerprint density at radius 2 is 1.93 bits per heavy atom. The molecular weight excluding hydrogens is 368 g/mol. The first-order chi connectivity index (χ1) is 14.1. The second-order valence-electron chi connectivity index (χ2n) is 7.03. The van der Waals surface area contributed by atoms with Crippen LogP contribution >= 0.6 is 0 Å². The summed E-state index contributed by atoms with van der Waals surface area (Å²) in [5.74, 6) is 1.01. The Bertz CT molecular complexity index is 1150. The van der Waals surface area contributed by atoms with Gasteiger partial charge in [-0.2, -0.15) is 0 Å². The van der Waals surface area contributed by atoms with Gasteiger partial charge in [0.15, 0.2) is 5.43 Å². The molecule has 0 amide bonds. The molecule has 5 heteroatoms. The third kappa shape index (κ3) is 3.68. The SMILES string of the molecule is CCCOc1ccc(C=C2CCc3c2oc2ccc(C(=O)OC)cc2c3=O)cc1. The third-order valence-corrected chi connectivity index (χ3v) is 5.04. The molecule has 0 aliphatic heterocycles. The van der Waals surface area contributed by atoms with Crippen LogP contribution in [0.2, 0.25) is 0 Å². The number of hydrogen-bond donors (Lipinski definition) is 0. The summed E-state index contributed by atoms with van der Waals surface area (Å²) < 4.78 is 16.4. The van der Waals surface area contributed by atoms with Gasteiger partial charge in [0.05, 0.1) is 24.7 Å². The lowest BCUT2D eigenvalue weighted by molar-refractivity contribution is 0.0601. The van der Waals surface area contributed by atoms with Gasteiger partial charge in [0.1, 0.15) is 17.1 Å². The molecule has 0 bridgehead atoms. The maximum atomic E-state index is 13.0. The van der Waals surface area contributed by atoms with Crippen molar-refractivity contribution in [3.05, 3.63) is 75.1 Å². The molecule has 0 fully saturated rings. The standard InChI is InChI=1S/C24H22O5/c1-3-12-28-18-8-4-15(5-9-18)13-16-6-10-19-22(25)20-14-17(24(26)27-2)7-11-21(20)29-23(16)19/h4-5,7-9,11,13-14H,3,6,10,12H2,1-2H3. The number of allylic oxidation sites excluding steroid dienone is 1. The maximum absolute atomic E-state index is 13.0. The van der Waals surface area contributed by atoms with Crippen molar-refractivity contribution in [2.75, 3.05) is 13.7 Å². The molecule has 1 aromatic heterocycles. The largest absolute Gasteiger partial charge is 0.494 e. The monoisotopic (exact) mass is 390 g/mol. The van der Waals surface area contributed by atoms with Crippen LogP contribution in [0.1, 0.15) is 47.0 Å². The van der Waals surface area contributed by atoms with Gasteiger partial charge < -0.3 is 13.9 Å². The third-order valence-electron chi connectivity index (χ3n) is 5.04. The lowest BCUT2D eigenvalue weighted by Gasteiger charge is -2.06. The van der Waals surface area contributed by atoms with Crippen LogP contribution in [0.15, 0.2) is 51.7 Å². The maximum Gasteiger partial charge on any atom is 0.337 e. The van der Waals surface area contributed by atoms with Crippen LogP contribution in [-0.4, -0.2) is 19.7 Å². The molecule has 3 aromatic rings. The van der Waals surface area contributed by atoms with Gasteiger partial charge in [-0.3, -0.25) is 4.79 Å². The highest BCUT2D eigenvalue weighted by Gasteiger charge is 2.24. The normalized spacial score (nSPS) is 14.2. The average Bonchev–Trinajstić information content (AvgIpc) is 3.15. The predicted octanol–water partition coefficient (Wildman–Crippen LogP) is 4.86. The second kappa shape index (κ2) is 7.95. The van der Waals surface area contributed by atoms with E-state index in [4.69, 9.17) is 13.9 Å². The van der Waals surface area contributed by atoms with Gasteiger partial charge >= 0.3 is 5.97 Å². The van der Waals surface area contributed by atoms with Crippen molar-refractivity contribution in [2.45, 2.75) is 26.2 Å². The average molecular weight is 390 g/mol. The molecule has 0 spiro atoms. The van der Waals surface area contributed by atoms with E-state index in [1.807, 2.05) is 30.3 Å². The predicted molar refractivity (Wildman–Crippen MR) is 112 cm³/mol. The summed E-state index contributed by atoms with van der Waals surface area (Å²) in [7, 11) is 1.32. The van der Waals surface area contributed by atoms with Gasteiger partial charge in [-0.1, -0.05) is 19.1 Å². The fourth-order valence-electron chi connectivity index (χ4n) is 3.56. The number of rotatable bonds is 5. The zero-order valence-corrected chi connectivity index (χ0v) is 16.5. The van der Waals surface area contributed by atoms with E-state index < -0.39 is 5.97 Å². The van der Waals surface area contributed by atoms with Crippen LogP contribution in [0.25, 0.3) is 22.6 Å². The van der Waals surface area contributed by atoms with E-state index in [-0.39, 0.29) is 5.43 Å². The van der Waals surface area contributed by atoms with Crippen LogP contribution in [0.4, 0.5) is 0 Å². The Morgan fingerprint density at radius 3 is 2.66 bits per heavy atom. The molecule has 4 rings (SSSR count). The Morgan fingerprint density at radius 1 is 1.14 bits per heavy atom. The Labute approximate surface area is 168 Å². The number of carbonyl (C=O) groups is 1. The minimum absolute atomic E-state index is 0.0845. The Hall–Kier alpha value is -3.34. The molecule has 0 unspecified atom stereocenters. The fourth-order valence-corrected chi connectivity index (χ4v) is 3.56. The van der Waals surface area contributed by atoms with Gasteiger partial charge in [0.2, 0.25) is 0 Å². The highest BCUT2D eigenvalue weighted by atomic mass is 16.5. The first kappa shape index (κ1) is 19.0. The molecular formula is C24H22O5. The summed E-state index contributed by atoms with van der Waals surface area (Å²) in [5, 5.41) is 0.408. The van der Waals surface area contributed by atoms with Crippen LogP contribution < -0.4 is 10.2 Å². The number of benzene rings is 2. The number of hydrogen-bond acceptors (Lipinski definition) is 5. The number of carbonyl (C=O) groups excluding carboxylic acids is 1. The number of methoxy groups -OCH3 is 1. The van der Waals surface area contributed by atoms with E-state index in [0.717, 1.165) is 29.7 Å². The van der Waals surface area contributed by atoms with Crippen molar-refractivity contribution >= 4 is 28.6 Å². The molecule has 1 heterocycles. The molecule has 5 nitrogen and oxygen atoms in total. The molecule has 1 aliphatic rings. The Balaban J connectivity index is 1.70. The van der Waals surface area contributed by atoms with Crippen molar-refractivity contribution in [3.8, 4) is 5.75 Å². The highest BCUT2D eigenvalue weighted by Crippen LogP contribution is 2.34. The quantitative estimate of drug-likeness (QED) is 0.583. The van der Waals surface area contributed by atoms with Crippen LogP contribution in [-0.2, 0) is 11.2 Å². The smallest absolute Gasteiger partial charge is 0.337 e. The number of fused-ring (bicyclic) bond motifs is 2. The molecule has 29 heavy (non-hydrogen) atoms. The molecule has 148 valence electrons. The molecule has 1 aliphatic carbocycles. The van der Waals surface area contributed by atoms with E-state index in [2.05, 4.69) is 6.92 Å². The van der Waals surface area contributed by atoms with Crippen LogP contribution in [0.5, 0.6) is 5.75 Å². The first-order valence-corrected chi connectivity index (χ1v) is 9.72. The van der Waals surface area contributed by atoms with Crippen LogP contribution in [0.3, 0.4) is 0 Å². The molecule has 0 radical (unpaired) electrons. The van der Waals surface area contributed by atoms with Crippen molar-refractivity contribution in [3.63, 3.8) is 0 Å². The summed E-state index contributed by atoms with van der Waals surface area (Å²) >= 11 is 0. The number of ether oxygens (including phenoxy) is 2. The summed E-state index contributed by atoms with van der Waals surface area (Å²) in [6.07, 6.45) is 4.38. The zero-order valence-electron chi connectivity index (χ0n) is 16.5. The van der Waals surface area contributed by atoms with Gasteiger partial charge in [-0.25, -0.2) is 4.79 Å². The van der Waals surface area contributed by atoms with Gasteiger partial charge in [0, 0.05) is 5.56 Å². The number of esters is 1.